The van der Waals surface area contributed by atoms with Gasteiger partial charge in [0.25, 0.3) is 0 Å². The predicted octanol–water partition coefficient (Wildman–Crippen LogP) is 4.25. The molecule has 0 fully saturated rings. The lowest BCUT2D eigenvalue weighted by Gasteiger charge is -2.05. The number of alkyl halides is 3. The fraction of sp³-hybridized carbons (Fsp3) is 0.0588. The van der Waals surface area contributed by atoms with Crippen molar-refractivity contribution in [2.45, 2.75) is 6.18 Å². The van der Waals surface area contributed by atoms with E-state index in [2.05, 4.69) is 23.7 Å². The average molecular weight is 288 g/mol. The summed E-state index contributed by atoms with van der Waals surface area (Å²) >= 11 is 0. The molecule has 0 aliphatic carbocycles. The normalized spacial score (nSPS) is 10.1. The van der Waals surface area contributed by atoms with Crippen molar-refractivity contribution in [3.05, 3.63) is 71.0 Å². The molecular weight excluding hydrogens is 280 g/mol. The van der Waals surface area contributed by atoms with E-state index in [4.69, 9.17) is 0 Å². The van der Waals surface area contributed by atoms with Gasteiger partial charge in [-0.3, -0.25) is 0 Å². The van der Waals surface area contributed by atoms with Gasteiger partial charge in [0.05, 0.1) is 5.56 Å². The van der Waals surface area contributed by atoms with Gasteiger partial charge in [0.15, 0.2) is 0 Å². The minimum absolute atomic E-state index is 0.391. The van der Waals surface area contributed by atoms with Crippen molar-refractivity contribution in [1.82, 2.24) is 0 Å². The maximum absolute atomic E-state index is 12.9. The molecule has 0 unspecified atom stereocenters. The fourth-order valence-corrected chi connectivity index (χ4v) is 1.52. The Morgan fingerprint density at radius 2 is 1.38 bits per heavy atom. The molecule has 0 spiro atoms. The zero-order valence-electron chi connectivity index (χ0n) is 10.6. The molecule has 0 amide bonds. The molecule has 2 aromatic carbocycles. The predicted molar refractivity (Wildman–Crippen MR) is 71.6 cm³/mol. The van der Waals surface area contributed by atoms with Crippen molar-refractivity contribution in [3.63, 3.8) is 0 Å². The van der Waals surface area contributed by atoms with Crippen LogP contribution >= 0.6 is 0 Å². The van der Waals surface area contributed by atoms with Crippen LogP contribution in [0.1, 0.15) is 16.7 Å². The van der Waals surface area contributed by atoms with Gasteiger partial charge in [-0.05, 0) is 54.3 Å². The molecule has 0 atom stereocenters. The molecule has 0 bridgehead atoms. The summed E-state index contributed by atoms with van der Waals surface area (Å²) in [4.78, 5) is 0. The molecule has 2 aromatic rings. The van der Waals surface area contributed by atoms with Crippen molar-refractivity contribution in [1.29, 1.82) is 0 Å². The molecule has 0 aliphatic heterocycles. The van der Waals surface area contributed by atoms with E-state index < -0.39 is 17.6 Å². The monoisotopic (exact) mass is 288 g/mol. The number of halogens is 4. The fourth-order valence-electron chi connectivity index (χ4n) is 1.52. The highest BCUT2D eigenvalue weighted by Crippen LogP contribution is 2.28. The summed E-state index contributed by atoms with van der Waals surface area (Å²) in [7, 11) is 0. The summed E-state index contributed by atoms with van der Waals surface area (Å²) in [6.45, 7) is 0. The topological polar surface area (TPSA) is 0 Å². The third kappa shape index (κ3) is 4.40. The quantitative estimate of drug-likeness (QED) is 0.502. The van der Waals surface area contributed by atoms with Crippen LogP contribution in [0, 0.1) is 29.5 Å². The van der Waals surface area contributed by atoms with Crippen LogP contribution < -0.4 is 0 Å². The van der Waals surface area contributed by atoms with Crippen LogP contribution in [0.5, 0.6) is 0 Å². The summed E-state index contributed by atoms with van der Waals surface area (Å²) in [6, 6.07) is 10.2. The van der Waals surface area contributed by atoms with E-state index in [9.17, 15) is 17.6 Å². The van der Waals surface area contributed by atoms with E-state index in [0.29, 0.717) is 11.1 Å². The zero-order chi connectivity index (χ0) is 15.3. The SMILES string of the molecule is Fc1cccc(C#CC#Cc2ccc(C(F)(F)F)cc2)c1. The van der Waals surface area contributed by atoms with Gasteiger partial charge in [-0.25, -0.2) is 4.39 Å². The second kappa shape index (κ2) is 6.15. The van der Waals surface area contributed by atoms with Crippen LogP contribution in [0.15, 0.2) is 48.5 Å². The van der Waals surface area contributed by atoms with E-state index in [-0.39, 0.29) is 0 Å². The number of hydrogen-bond acceptors (Lipinski definition) is 0. The molecule has 104 valence electrons. The van der Waals surface area contributed by atoms with E-state index in [0.717, 1.165) is 12.1 Å². The first-order valence-corrected chi connectivity index (χ1v) is 5.90. The summed E-state index contributed by atoms with van der Waals surface area (Å²) in [6.07, 6.45) is -4.36. The summed E-state index contributed by atoms with van der Waals surface area (Å²) in [5.74, 6) is 9.92. The Labute approximate surface area is 119 Å². The molecule has 0 N–H and O–H groups in total. The summed E-state index contributed by atoms with van der Waals surface area (Å²) in [5, 5.41) is 0. The lowest BCUT2D eigenvalue weighted by atomic mass is 10.1. The number of rotatable bonds is 0. The third-order valence-corrected chi connectivity index (χ3v) is 2.51. The maximum Gasteiger partial charge on any atom is 0.416 e. The molecule has 0 heterocycles. The lowest BCUT2D eigenvalue weighted by Crippen LogP contribution is -2.03. The van der Waals surface area contributed by atoms with Crippen LogP contribution in [0.4, 0.5) is 17.6 Å². The van der Waals surface area contributed by atoms with Crippen LogP contribution in [-0.4, -0.2) is 0 Å². The van der Waals surface area contributed by atoms with Crippen molar-refractivity contribution in [3.8, 4) is 23.7 Å². The molecule has 0 aromatic heterocycles. The average Bonchev–Trinajstić information content (AvgIpc) is 2.43. The van der Waals surface area contributed by atoms with Crippen molar-refractivity contribution < 1.29 is 17.6 Å². The first kappa shape index (κ1) is 14.7. The van der Waals surface area contributed by atoms with Crippen LogP contribution in [0.25, 0.3) is 0 Å². The van der Waals surface area contributed by atoms with E-state index in [1.807, 2.05) is 0 Å². The van der Waals surface area contributed by atoms with Gasteiger partial charge < -0.3 is 0 Å². The smallest absolute Gasteiger partial charge is 0.207 e. The summed E-state index contributed by atoms with van der Waals surface area (Å²) in [5.41, 5.74) is 0.187. The van der Waals surface area contributed by atoms with E-state index in [1.54, 1.807) is 6.07 Å². The standard InChI is InChI=1S/C17H8F4/c18-16-7-3-6-14(12-16)5-2-1-4-13-8-10-15(11-9-13)17(19,20)21/h3,6-12H. The first-order chi connectivity index (χ1) is 9.95. The van der Waals surface area contributed by atoms with E-state index >= 15 is 0 Å². The zero-order valence-corrected chi connectivity index (χ0v) is 10.6. The van der Waals surface area contributed by atoms with Crippen LogP contribution in [0.2, 0.25) is 0 Å². The third-order valence-electron chi connectivity index (χ3n) is 2.51. The second-order valence-corrected chi connectivity index (χ2v) is 4.09. The molecule has 0 nitrogen and oxygen atoms in total. The highest BCUT2D eigenvalue weighted by molar-refractivity contribution is 5.45. The Morgan fingerprint density at radius 1 is 0.762 bits per heavy atom. The van der Waals surface area contributed by atoms with Gasteiger partial charge in [-0.2, -0.15) is 13.2 Å². The van der Waals surface area contributed by atoms with Crippen molar-refractivity contribution >= 4 is 0 Å². The number of benzene rings is 2. The van der Waals surface area contributed by atoms with Crippen molar-refractivity contribution in [2.24, 2.45) is 0 Å². The molecule has 21 heavy (non-hydrogen) atoms. The molecular formula is C17H8F4. The second-order valence-electron chi connectivity index (χ2n) is 4.09. The molecule has 0 saturated heterocycles. The molecule has 0 radical (unpaired) electrons. The number of hydrogen-bond donors (Lipinski definition) is 0. The maximum atomic E-state index is 12.9. The first-order valence-electron chi connectivity index (χ1n) is 5.90. The van der Waals surface area contributed by atoms with Gasteiger partial charge in [0.2, 0.25) is 0 Å². The van der Waals surface area contributed by atoms with Gasteiger partial charge >= 0.3 is 6.18 Å². The Kier molecular flexibility index (Phi) is 4.30. The van der Waals surface area contributed by atoms with E-state index in [1.165, 1.54) is 30.3 Å². The minimum Gasteiger partial charge on any atom is -0.207 e. The van der Waals surface area contributed by atoms with Gasteiger partial charge in [-0.1, -0.05) is 17.9 Å². The Bertz CT molecular complexity index is 748. The largest absolute Gasteiger partial charge is 0.416 e. The van der Waals surface area contributed by atoms with Crippen molar-refractivity contribution in [2.75, 3.05) is 0 Å². The minimum atomic E-state index is -4.36. The molecule has 0 saturated carbocycles. The lowest BCUT2D eigenvalue weighted by molar-refractivity contribution is -0.137. The molecule has 4 heteroatoms. The highest BCUT2D eigenvalue weighted by atomic mass is 19.4. The summed E-state index contributed by atoms with van der Waals surface area (Å²) < 4.78 is 50.0. The molecule has 0 aliphatic rings. The Hall–Kier alpha value is -2.72. The van der Waals surface area contributed by atoms with Gasteiger partial charge in [0, 0.05) is 11.1 Å². The van der Waals surface area contributed by atoms with Gasteiger partial charge in [-0.15, -0.1) is 0 Å². The Balaban J connectivity index is 2.10. The van der Waals surface area contributed by atoms with Gasteiger partial charge in [0.1, 0.15) is 5.82 Å². The van der Waals surface area contributed by atoms with Crippen LogP contribution in [-0.2, 0) is 6.18 Å². The Morgan fingerprint density at radius 3 is 1.95 bits per heavy atom. The van der Waals surface area contributed by atoms with Crippen LogP contribution in [0.3, 0.4) is 0 Å². The molecule has 2 rings (SSSR count). The highest BCUT2D eigenvalue weighted by Gasteiger charge is 2.29.